The van der Waals surface area contributed by atoms with Crippen LogP contribution in [-0.2, 0) is 9.68 Å². The maximum absolute atomic E-state index is 5.78. The molecule has 0 aromatic carbocycles. The Labute approximate surface area is 158 Å². The fraction of sp³-hybridized carbons (Fsp3) is 0.889. The van der Waals surface area contributed by atoms with Crippen LogP contribution in [0.15, 0.2) is 5.16 Å². The molecule has 0 aliphatic rings. The van der Waals surface area contributed by atoms with Gasteiger partial charge in [-0.25, -0.2) is 0 Å². The first-order valence-corrected chi connectivity index (χ1v) is 9.93. The Bertz CT molecular complexity index is 404. The first kappa shape index (κ1) is 24.1. The van der Waals surface area contributed by atoms with Crippen LogP contribution >= 0.6 is 0 Å². The highest BCUT2D eigenvalue weighted by Gasteiger charge is 2.22. The van der Waals surface area contributed by atoms with E-state index in [0.29, 0.717) is 18.9 Å². The molecule has 0 amide bonds. The number of hydrogen-bond donors (Lipinski definition) is 4. The van der Waals surface area contributed by atoms with Crippen molar-refractivity contribution < 1.29 is 14.4 Å². The van der Waals surface area contributed by atoms with Crippen molar-refractivity contribution in [1.29, 1.82) is 0 Å². The fourth-order valence-corrected chi connectivity index (χ4v) is 2.58. The van der Waals surface area contributed by atoms with Crippen molar-refractivity contribution >= 4 is 11.9 Å². The molecule has 0 heterocycles. The van der Waals surface area contributed by atoms with Gasteiger partial charge in [0.15, 0.2) is 0 Å². The molecule has 8 N–H and O–H groups in total. The minimum absolute atomic E-state index is 0.0376. The normalized spacial score (nSPS) is 11.8. The molecule has 0 spiro atoms. The molecule has 0 bridgehead atoms. The zero-order chi connectivity index (χ0) is 19.8. The van der Waals surface area contributed by atoms with Gasteiger partial charge in [0, 0.05) is 6.42 Å². The average Bonchev–Trinajstić information content (AvgIpc) is 2.56. The van der Waals surface area contributed by atoms with Crippen LogP contribution in [0.3, 0.4) is 0 Å². The summed E-state index contributed by atoms with van der Waals surface area (Å²) in [6, 6.07) is 0. The molecule has 1 unspecified atom stereocenters. The Morgan fingerprint density at radius 1 is 0.885 bits per heavy atom. The number of unbranched alkanes of at least 4 members (excludes halogenated alkanes) is 6. The quantitative estimate of drug-likeness (QED) is 0.0818. The van der Waals surface area contributed by atoms with Gasteiger partial charge in [0.25, 0.3) is 6.23 Å². The lowest BCUT2D eigenvalue weighted by Crippen LogP contribution is -2.42. The van der Waals surface area contributed by atoms with Crippen molar-refractivity contribution in [3.05, 3.63) is 0 Å². The lowest BCUT2D eigenvalue weighted by molar-refractivity contribution is -0.837. The minimum Gasteiger partial charge on any atom is -0.367 e. The van der Waals surface area contributed by atoms with E-state index in [1.54, 1.807) is 0 Å². The number of rotatable bonds is 16. The summed E-state index contributed by atoms with van der Waals surface area (Å²) in [5.41, 5.74) is 22.3. The van der Waals surface area contributed by atoms with E-state index in [0.717, 1.165) is 32.1 Å². The Morgan fingerprint density at radius 3 is 2.08 bits per heavy atom. The summed E-state index contributed by atoms with van der Waals surface area (Å²) >= 11 is 0. The molecule has 0 saturated carbocycles. The third-order valence-electron chi connectivity index (χ3n) is 4.01. The zero-order valence-corrected chi connectivity index (χ0v) is 17.0. The molecular weight excluding hydrogens is 332 g/mol. The van der Waals surface area contributed by atoms with Gasteiger partial charge in [0.05, 0.1) is 0 Å². The van der Waals surface area contributed by atoms with E-state index >= 15 is 0 Å². The van der Waals surface area contributed by atoms with Gasteiger partial charge in [0.2, 0.25) is 5.96 Å². The number of hydroxylamine groups is 1. The molecule has 8 nitrogen and oxygen atoms in total. The summed E-state index contributed by atoms with van der Waals surface area (Å²) < 4.78 is 1.38. The summed E-state index contributed by atoms with van der Waals surface area (Å²) in [4.78, 5) is 11.2. The minimum atomic E-state index is -0.547. The average molecular weight is 374 g/mol. The van der Waals surface area contributed by atoms with Crippen molar-refractivity contribution in [1.82, 2.24) is 0 Å². The van der Waals surface area contributed by atoms with Crippen molar-refractivity contribution in [3.63, 3.8) is 0 Å². The predicted molar refractivity (Wildman–Crippen MR) is 107 cm³/mol. The molecule has 0 aliphatic carbocycles. The SMILES string of the molecule is CCCCCCCCO[N+](=C(N)N)C(CCCCC(C)C)ON=C(N)N. The van der Waals surface area contributed by atoms with Gasteiger partial charge in [-0.05, 0) is 35.1 Å². The molecule has 8 heteroatoms. The van der Waals surface area contributed by atoms with Crippen molar-refractivity contribution in [2.45, 2.75) is 91.2 Å². The Hall–Kier alpha value is -1.86. The second kappa shape index (κ2) is 15.4. The highest BCUT2D eigenvalue weighted by Crippen LogP contribution is 2.13. The van der Waals surface area contributed by atoms with Gasteiger partial charge in [0.1, 0.15) is 6.61 Å². The van der Waals surface area contributed by atoms with Crippen LogP contribution in [0.25, 0.3) is 0 Å². The van der Waals surface area contributed by atoms with E-state index in [4.69, 9.17) is 32.6 Å². The summed E-state index contributed by atoms with van der Waals surface area (Å²) in [5.74, 6) is 0.553. The van der Waals surface area contributed by atoms with Gasteiger partial charge in [-0.2, -0.15) is 0 Å². The van der Waals surface area contributed by atoms with E-state index in [2.05, 4.69) is 25.9 Å². The fourth-order valence-electron chi connectivity index (χ4n) is 2.58. The van der Waals surface area contributed by atoms with Crippen LogP contribution < -0.4 is 22.9 Å². The molecule has 154 valence electrons. The van der Waals surface area contributed by atoms with Crippen LogP contribution in [0.4, 0.5) is 0 Å². The lowest BCUT2D eigenvalue weighted by atomic mass is 10.1. The van der Waals surface area contributed by atoms with Crippen LogP contribution in [0, 0.1) is 5.92 Å². The highest BCUT2D eigenvalue weighted by molar-refractivity contribution is 5.74. The molecule has 0 fully saturated rings. The van der Waals surface area contributed by atoms with Crippen molar-refractivity contribution in [3.8, 4) is 0 Å². The number of guanidine groups is 2. The topological polar surface area (TPSA) is 138 Å². The van der Waals surface area contributed by atoms with E-state index < -0.39 is 6.23 Å². The van der Waals surface area contributed by atoms with Crippen LogP contribution in [-0.4, -0.2) is 29.5 Å². The number of hydrogen-bond acceptors (Lipinski definition) is 3. The number of nitrogens with two attached hydrogens (primary N) is 4. The maximum atomic E-state index is 5.78. The van der Waals surface area contributed by atoms with Crippen LogP contribution in [0.5, 0.6) is 0 Å². The van der Waals surface area contributed by atoms with E-state index in [9.17, 15) is 0 Å². The molecule has 0 aliphatic heterocycles. The van der Waals surface area contributed by atoms with Gasteiger partial charge < -0.3 is 21.1 Å². The maximum Gasteiger partial charge on any atom is 0.381 e. The first-order valence-electron chi connectivity index (χ1n) is 9.93. The van der Waals surface area contributed by atoms with Gasteiger partial charge in [-0.15, -0.1) is 0 Å². The summed E-state index contributed by atoms with van der Waals surface area (Å²) in [6.45, 7) is 7.14. The molecule has 0 rings (SSSR count). The standard InChI is InChI=1S/C18H40N6O2/c1-4-5-6-7-8-11-14-25-24(18(21)22)16(26-23-17(19)20)13-10-9-12-15(2)3/h15-16H,4-14H2,1-3H3,(H7,19,20,21,22,23)/p+1. The molecule has 0 radical (unpaired) electrons. The van der Waals surface area contributed by atoms with E-state index in [1.807, 2.05) is 0 Å². The molecule has 26 heavy (non-hydrogen) atoms. The number of oxime groups is 1. The number of nitrogens with zero attached hydrogens (tertiary/aromatic N) is 2. The van der Waals surface area contributed by atoms with Crippen molar-refractivity contribution in [2.24, 2.45) is 34.0 Å². The second-order valence-corrected chi connectivity index (χ2v) is 7.11. The smallest absolute Gasteiger partial charge is 0.367 e. The summed E-state index contributed by atoms with van der Waals surface area (Å²) in [7, 11) is 0. The Kier molecular flexibility index (Phi) is 14.3. The van der Waals surface area contributed by atoms with Gasteiger partial charge in [-0.1, -0.05) is 59.3 Å². The Morgan fingerprint density at radius 2 is 1.50 bits per heavy atom. The largest absolute Gasteiger partial charge is 0.381 e. The zero-order valence-electron chi connectivity index (χ0n) is 17.0. The molecule has 1 atom stereocenters. The monoisotopic (exact) mass is 373 g/mol. The highest BCUT2D eigenvalue weighted by atomic mass is 16.7. The molecule has 0 saturated heterocycles. The van der Waals surface area contributed by atoms with Gasteiger partial charge >= 0.3 is 5.96 Å². The summed E-state index contributed by atoms with van der Waals surface area (Å²) in [5, 5.41) is 3.65. The lowest BCUT2D eigenvalue weighted by Gasteiger charge is -2.18. The van der Waals surface area contributed by atoms with E-state index in [-0.39, 0.29) is 11.9 Å². The summed E-state index contributed by atoms with van der Waals surface area (Å²) in [6.07, 6.45) is 10.3. The Balaban J connectivity index is 4.53. The van der Waals surface area contributed by atoms with E-state index in [1.165, 1.54) is 30.4 Å². The van der Waals surface area contributed by atoms with Crippen molar-refractivity contribution in [2.75, 3.05) is 6.61 Å². The predicted octanol–water partition coefficient (Wildman–Crippen LogP) is 2.31. The molecule has 0 aromatic rings. The first-order chi connectivity index (χ1) is 12.4. The third kappa shape index (κ3) is 13.4. The molecular formula is C18H41N6O2+. The van der Waals surface area contributed by atoms with Crippen LogP contribution in [0.1, 0.15) is 85.0 Å². The molecule has 0 aromatic heterocycles. The van der Waals surface area contributed by atoms with Gasteiger partial charge in [-0.3, -0.25) is 11.5 Å². The third-order valence-corrected chi connectivity index (χ3v) is 4.01. The second-order valence-electron chi connectivity index (χ2n) is 7.11. The van der Waals surface area contributed by atoms with Crippen LogP contribution in [0.2, 0.25) is 0 Å².